The predicted molar refractivity (Wildman–Crippen MR) is 60.1 cm³/mol. The van der Waals surface area contributed by atoms with E-state index in [1.807, 2.05) is 37.2 Å². The summed E-state index contributed by atoms with van der Waals surface area (Å²) in [5, 5.41) is 9.08. The highest BCUT2D eigenvalue weighted by Gasteiger charge is 2.19. The molecule has 0 atom stereocenters. The van der Waals surface area contributed by atoms with Gasteiger partial charge in [-0.15, -0.1) is 0 Å². The third kappa shape index (κ3) is 2.01. The van der Waals surface area contributed by atoms with Crippen molar-refractivity contribution in [2.75, 3.05) is 32.2 Å². The van der Waals surface area contributed by atoms with Crippen molar-refractivity contribution in [3.05, 3.63) is 29.3 Å². The van der Waals surface area contributed by atoms with E-state index in [2.05, 4.69) is 6.07 Å². The Morgan fingerprint density at radius 3 is 2.56 bits per heavy atom. The molecular weight excluding hydrogens is 204 g/mol. The van der Waals surface area contributed by atoms with Gasteiger partial charge in [0.25, 0.3) is 0 Å². The highest BCUT2D eigenvalue weighted by molar-refractivity contribution is 5.59. The molecule has 0 saturated carbocycles. The fourth-order valence-corrected chi connectivity index (χ4v) is 1.73. The molecule has 0 radical (unpaired) electrons. The van der Waals surface area contributed by atoms with Gasteiger partial charge in [0.2, 0.25) is 0 Å². The number of rotatable bonds is 2. The first kappa shape index (κ1) is 10.9. The molecule has 0 N–H and O–H groups in total. The van der Waals surface area contributed by atoms with Gasteiger partial charge in [0.05, 0.1) is 24.5 Å². The van der Waals surface area contributed by atoms with Crippen LogP contribution in [0.3, 0.4) is 0 Å². The van der Waals surface area contributed by atoms with Crippen LogP contribution in [0.4, 0.5) is 5.69 Å². The molecule has 4 heteroatoms. The largest absolute Gasteiger partial charge is 0.377 e. The first-order valence-electron chi connectivity index (χ1n) is 5.17. The molecule has 1 aromatic rings. The molecule has 1 aromatic carbocycles. The second kappa shape index (κ2) is 4.52. The van der Waals surface area contributed by atoms with E-state index < -0.39 is 0 Å². The molecule has 0 bridgehead atoms. The minimum atomic E-state index is -0.316. The number of hydrogen-bond donors (Lipinski definition) is 0. The zero-order valence-electron chi connectivity index (χ0n) is 9.43. The van der Waals surface area contributed by atoms with Crippen molar-refractivity contribution in [2.24, 2.45) is 0 Å². The topological polar surface area (TPSA) is 45.5 Å². The lowest BCUT2D eigenvalue weighted by Crippen LogP contribution is -2.11. The number of benzene rings is 1. The Labute approximate surface area is 95.0 Å². The lowest BCUT2D eigenvalue weighted by molar-refractivity contribution is -0.0441. The Hall–Kier alpha value is -1.57. The summed E-state index contributed by atoms with van der Waals surface area (Å²) in [4.78, 5) is 1.92. The third-order valence-electron chi connectivity index (χ3n) is 2.52. The van der Waals surface area contributed by atoms with E-state index in [1.165, 1.54) is 0 Å². The van der Waals surface area contributed by atoms with Crippen LogP contribution < -0.4 is 4.90 Å². The number of nitrogens with zero attached hydrogens (tertiary/aromatic N) is 2. The first-order chi connectivity index (χ1) is 7.72. The fraction of sp³-hybridized carbons (Fsp3) is 0.417. The summed E-state index contributed by atoms with van der Waals surface area (Å²) >= 11 is 0. The summed E-state index contributed by atoms with van der Waals surface area (Å²) in [5.74, 6) is 0. The fourth-order valence-electron chi connectivity index (χ4n) is 1.73. The van der Waals surface area contributed by atoms with Crippen molar-refractivity contribution in [1.82, 2.24) is 0 Å². The van der Waals surface area contributed by atoms with Crippen molar-refractivity contribution in [1.29, 1.82) is 5.26 Å². The Morgan fingerprint density at radius 1 is 1.31 bits per heavy atom. The van der Waals surface area contributed by atoms with Gasteiger partial charge in [0.1, 0.15) is 6.07 Å². The molecule has 1 heterocycles. The Balaban J connectivity index is 2.33. The Morgan fingerprint density at radius 2 is 2.00 bits per heavy atom. The third-order valence-corrected chi connectivity index (χ3v) is 2.52. The minimum Gasteiger partial charge on any atom is -0.377 e. The van der Waals surface area contributed by atoms with Gasteiger partial charge in [0.15, 0.2) is 6.29 Å². The molecule has 1 fully saturated rings. The molecule has 0 unspecified atom stereocenters. The van der Waals surface area contributed by atoms with Crippen LogP contribution >= 0.6 is 0 Å². The summed E-state index contributed by atoms with van der Waals surface area (Å²) in [5.41, 5.74) is 2.45. The van der Waals surface area contributed by atoms with Gasteiger partial charge >= 0.3 is 0 Å². The predicted octanol–water partition coefficient (Wildman–Crippen LogP) is 1.67. The highest BCUT2D eigenvalue weighted by Crippen LogP contribution is 2.27. The average molecular weight is 218 g/mol. The first-order valence-corrected chi connectivity index (χ1v) is 5.17. The van der Waals surface area contributed by atoms with Crippen molar-refractivity contribution in [2.45, 2.75) is 6.29 Å². The van der Waals surface area contributed by atoms with E-state index in [9.17, 15) is 0 Å². The second-order valence-corrected chi connectivity index (χ2v) is 3.86. The monoisotopic (exact) mass is 218 g/mol. The Kier molecular flexibility index (Phi) is 3.09. The summed E-state index contributed by atoms with van der Waals surface area (Å²) < 4.78 is 10.8. The molecule has 2 rings (SSSR count). The number of anilines is 1. The van der Waals surface area contributed by atoms with Crippen molar-refractivity contribution in [3.63, 3.8) is 0 Å². The van der Waals surface area contributed by atoms with Crippen molar-refractivity contribution >= 4 is 5.69 Å². The molecule has 4 nitrogen and oxygen atoms in total. The standard InChI is InChI=1S/C12H14N2O2/c1-14(2)11-4-3-9(7-10(11)8-13)12-15-5-6-16-12/h3-4,7,12H,5-6H2,1-2H3. The van der Waals surface area contributed by atoms with Crippen LogP contribution in [0.1, 0.15) is 17.4 Å². The summed E-state index contributed by atoms with van der Waals surface area (Å²) in [6, 6.07) is 7.86. The summed E-state index contributed by atoms with van der Waals surface area (Å²) in [6.07, 6.45) is -0.316. The Bertz CT molecular complexity index is 418. The summed E-state index contributed by atoms with van der Waals surface area (Å²) in [6.45, 7) is 1.23. The molecule has 0 aromatic heterocycles. The van der Waals surface area contributed by atoms with Gasteiger partial charge in [-0.05, 0) is 12.1 Å². The van der Waals surface area contributed by atoms with Crippen LogP contribution in [-0.4, -0.2) is 27.3 Å². The zero-order chi connectivity index (χ0) is 11.5. The van der Waals surface area contributed by atoms with Crippen LogP contribution in [0, 0.1) is 11.3 Å². The quantitative estimate of drug-likeness (QED) is 0.757. The van der Waals surface area contributed by atoms with E-state index in [-0.39, 0.29) is 6.29 Å². The molecule has 0 aliphatic carbocycles. The lowest BCUT2D eigenvalue weighted by atomic mass is 10.1. The van der Waals surface area contributed by atoms with Gasteiger partial charge in [-0.25, -0.2) is 0 Å². The maximum Gasteiger partial charge on any atom is 0.184 e. The van der Waals surface area contributed by atoms with E-state index >= 15 is 0 Å². The number of ether oxygens (including phenoxy) is 2. The van der Waals surface area contributed by atoms with Gasteiger partial charge in [-0.2, -0.15) is 5.26 Å². The summed E-state index contributed by atoms with van der Waals surface area (Å²) in [7, 11) is 3.83. The van der Waals surface area contributed by atoms with Crippen molar-refractivity contribution in [3.8, 4) is 6.07 Å². The smallest absolute Gasteiger partial charge is 0.184 e. The SMILES string of the molecule is CN(C)c1ccc(C2OCCO2)cc1C#N. The van der Waals surface area contributed by atoms with Crippen LogP contribution in [-0.2, 0) is 9.47 Å². The van der Waals surface area contributed by atoms with E-state index in [0.29, 0.717) is 18.8 Å². The molecule has 1 saturated heterocycles. The average Bonchev–Trinajstić information content (AvgIpc) is 2.81. The van der Waals surface area contributed by atoms with Crippen LogP contribution in [0.5, 0.6) is 0 Å². The molecule has 84 valence electrons. The van der Waals surface area contributed by atoms with E-state index in [0.717, 1.165) is 11.3 Å². The van der Waals surface area contributed by atoms with Crippen molar-refractivity contribution < 1.29 is 9.47 Å². The van der Waals surface area contributed by atoms with Gasteiger partial charge in [0, 0.05) is 19.7 Å². The van der Waals surface area contributed by atoms with Crippen LogP contribution in [0.25, 0.3) is 0 Å². The van der Waals surface area contributed by atoms with Gasteiger partial charge in [-0.1, -0.05) is 6.07 Å². The van der Waals surface area contributed by atoms with Gasteiger partial charge in [-0.3, -0.25) is 0 Å². The molecule has 1 aliphatic rings. The number of nitriles is 1. The minimum absolute atomic E-state index is 0.316. The second-order valence-electron chi connectivity index (χ2n) is 3.86. The maximum absolute atomic E-state index is 9.08. The molecule has 0 spiro atoms. The highest BCUT2D eigenvalue weighted by atomic mass is 16.7. The lowest BCUT2D eigenvalue weighted by Gasteiger charge is -2.16. The van der Waals surface area contributed by atoms with Crippen LogP contribution in [0.2, 0.25) is 0 Å². The van der Waals surface area contributed by atoms with E-state index in [1.54, 1.807) is 0 Å². The molecule has 16 heavy (non-hydrogen) atoms. The van der Waals surface area contributed by atoms with Crippen LogP contribution in [0.15, 0.2) is 18.2 Å². The van der Waals surface area contributed by atoms with E-state index in [4.69, 9.17) is 14.7 Å². The zero-order valence-corrected chi connectivity index (χ0v) is 9.43. The molecule has 1 aliphatic heterocycles. The maximum atomic E-state index is 9.08. The normalized spacial score (nSPS) is 16.1. The number of hydrogen-bond acceptors (Lipinski definition) is 4. The van der Waals surface area contributed by atoms with Gasteiger partial charge < -0.3 is 14.4 Å². The molecule has 0 amide bonds. The molecular formula is C12H14N2O2.